The fraction of sp³-hybridized carbons (Fsp3) is 1.00. The average molecular weight is 231 g/mol. The molecule has 3 heteroatoms. The maximum atomic E-state index is 5.57. The highest BCUT2D eigenvalue weighted by molar-refractivity contribution is 7.99. The van der Waals surface area contributed by atoms with E-state index in [9.17, 15) is 0 Å². The van der Waals surface area contributed by atoms with Crippen molar-refractivity contribution in [2.75, 3.05) is 31.3 Å². The molecule has 0 aromatic rings. The van der Waals surface area contributed by atoms with Crippen molar-refractivity contribution in [2.45, 2.75) is 39.2 Å². The molecular weight excluding hydrogens is 206 g/mol. The first-order valence-corrected chi connectivity index (χ1v) is 7.33. The standard InChI is InChI=1S/C12H25NOS/c1-11(2)5-7-14-8-6-13-12-4-3-9-15-10-12/h11-13H,3-10H2,1-2H3. The van der Waals surface area contributed by atoms with Crippen molar-refractivity contribution in [1.82, 2.24) is 5.32 Å². The molecule has 1 rings (SSSR count). The molecule has 0 amide bonds. The summed E-state index contributed by atoms with van der Waals surface area (Å²) in [5, 5.41) is 3.56. The Morgan fingerprint density at radius 3 is 2.93 bits per heavy atom. The molecule has 90 valence electrons. The third-order valence-electron chi connectivity index (χ3n) is 2.68. The van der Waals surface area contributed by atoms with Crippen LogP contribution in [-0.4, -0.2) is 37.3 Å². The molecule has 15 heavy (non-hydrogen) atoms. The summed E-state index contributed by atoms with van der Waals surface area (Å²) in [4.78, 5) is 0. The van der Waals surface area contributed by atoms with Gasteiger partial charge in [0, 0.05) is 24.9 Å². The Labute approximate surface area is 98.5 Å². The number of hydrogen-bond donors (Lipinski definition) is 1. The van der Waals surface area contributed by atoms with E-state index in [1.54, 1.807) is 0 Å². The highest BCUT2D eigenvalue weighted by atomic mass is 32.2. The first-order valence-electron chi connectivity index (χ1n) is 6.18. The summed E-state index contributed by atoms with van der Waals surface area (Å²) >= 11 is 2.07. The van der Waals surface area contributed by atoms with Crippen LogP contribution in [0.3, 0.4) is 0 Å². The second-order valence-corrected chi connectivity index (χ2v) is 5.81. The van der Waals surface area contributed by atoms with Crippen LogP contribution in [0.4, 0.5) is 0 Å². The van der Waals surface area contributed by atoms with Crippen LogP contribution in [0, 0.1) is 5.92 Å². The molecule has 0 saturated carbocycles. The normalized spacial score (nSPS) is 22.2. The van der Waals surface area contributed by atoms with Gasteiger partial charge in [0.05, 0.1) is 6.61 Å². The van der Waals surface area contributed by atoms with Crippen LogP contribution < -0.4 is 5.32 Å². The number of ether oxygens (including phenoxy) is 1. The van der Waals surface area contributed by atoms with E-state index in [1.165, 1.54) is 30.8 Å². The summed E-state index contributed by atoms with van der Waals surface area (Å²) in [6.45, 7) is 7.28. The van der Waals surface area contributed by atoms with Crippen molar-refractivity contribution in [3.63, 3.8) is 0 Å². The topological polar surface area (TPSA) is 21.3 Å². The van der Waals surface area contributed by atoms with E-state index in [0.29, 0.717) is 0 Å². The Balaban J connectivity index is 1.83. The lowest BCUT2D eigenvalue weighted by Gasteiger charge is -2.22. The largest absolute Gasteiger partial charge is 0.380 e. The van der Waals surface area contributed by atoms with Crippen LogP contribution in [0.25, 0.3) is 0 Å². The molecule has 0 aliphatic carbocycles. The van der Waals surface area contributed by atoms with Gasteiger partial charge in [0.2, 0.25) is 0 Å². The van der Waals surface area contributed by atoms with Gasteiger partial charge in [0.25, 0.3) is 0 Å². The smallest absolute Gasteiger partial charge is 0.0591 e. The Bertz CT molecular complexity index is 147. The van der Waals surface area contributed by atoms with Crippen LogP contribution >= 0.6 is 11.8 Å². The zero-order chi connectivity index (χ0) is 10.9. The predicted octanol–water partition coefficient (Wildman–Crippen LogP) is 2.53. The minimum Gasteiger partial charge on any atom is -0.380 e. The molecule has 0 spiro atoms. The average Bonchev–Trinajstić information content (AvgIpc) is 2.24. The fourth-order valence-electron chi connectivity index (χ4n) is 1.66. The molecule has 0 aromatic carbocycles. The third kappa shape index (κ3) is 7.20. The molecule has 1 heterocycles. The van der Waals surface area contributed by atoms with Crippen molar-refractivity contribution < 1.29 is 4.74 Å². The number of rotatable bonds is 7. The van der Waals surface area contributed by atoms with Crippen LogP contribution in [-0.2, 0) is 4.74 Å². The van der Waals surface area contributed by atoms with E-state index < -0.39 is 0 Å². The fourth-order valence-corrected chi connectivity index (χ4v) is 2.76. The number of nitrogens with one attached hydrogen (secondary N) is 1. The van der Waals surface area contributed by atoms with Crippen molar-refractivity contribution in [2.24, 2.45) is 5.92 Å². The van der Waals surface area contributed by atoms with Crippen LogP contribution in [0.15, 0.2) is 0 Å². The van der Waals surface area contributed by atoms with Gasteiger partial charge in [-0.1, -0.05) is 13.8 Å². The zero-order valence-corrected chi connectivity index (χ0v) is 10.9. The van der Waals surface area contributed by atoms with Gasteiger partial charge in [-0.25, -0.2) is 0 Å². The number of thioether (sulfide) groups is 1. The predicted molar refractivity (Wildman–Crippen MR) is 68.6 cm³/mol. The minimum atomic E-state index is 0.734. The van der Waals surface area contributed by atoms with E-state index in [0.717, 1.165) is 31.7 Å². The van der Waals surface area contributed by atoms with Crippen molar-refractivity contribution >= 4 is 11.8 Å². The summed E-state index contributed by atoms with van der Waals surface area (Å²) in [5.74, 6) is 3.39. The molecule has 0 radical (unpaired) electrons. The van der Waals surface area contributed by atoms with Crippen LogP contribution in [0.1, 0.15) is 33.1 Å². The van der Waals surface area contributed by atoms with Gasteiger partial charge >= 0.3 is 0 Å². The molecule has 1 fully saturated rings. The highest BCUT2D eigenvalue weighted by Crippen LogP contribution is 2.16. The number of hydrogen-bond acceptors (Lipinski definition) is 3. The van der Waals surface area contributed by atoms with Crippen molar-refractivity contribution in [3.05, 3.63) is 0 Å². The monoisotopic (exact) mass is 231 g/mol. The molecule has 1 aliphatic rings. The second kappa shape index (κ2) is 8.43. The molecule has 1 atom stereocenters. The molecule has 1 saturated heterocycles. The highest BCUT2D eigenvalue weighted by Gasteiger charge is 2.11. The van der Waals surface area contributed by atoms with Crippen LogP contribution in [0.2, 0.25) is 0 Å². The molecule has 2 nitrogen and oxygen atoms in total. The van der Waals surface area contributed by atoms with Gasteiger partial charge in [-0.05, 0) is 30.9 Å². The molecule has 0 aromatic heterocycles. The Morgan fingerprint density at radius 1 is 1.40 bits per heavy atom. The van der Waals surface area contributed by atoms with E-state index in [-0.39, 0.29) is 0 Å². The van der Waals surface area contributed by atoms with Crippen LogP contribution in [0.5, 0.6) is 0 Å². The lowest BCUT2D eigenvalue weighted by Crippen LogP contribution is -2.35. The Kier molecular flexibility index (Phi) is 7.49. The van der Waals surface area contributed by atoms with Gasteiger partial charge in [-0.15, -0.1) is 0 Å². The maximum Gasteiger partial charge on any atom is 0.0591 e. The van der Waals surface area contributed by atoms with Gasteiger partial charge in [0.1, 0.15) is 0 Å². The summed E-state index contributed by atoms with van der Waals surface area (Å²) in [6, 6.07) is 0.734. The molecule has 0 bridgehead atoms. The SMILES string of the molecule is CC(C)CCOCCNC1CCCSC1. The van der Waals surface area contributed by atoms with E-state index in [1.807, 2.05) is 0 Å². The maximum absolute atomic E-state index is 5.57. The van der Waals surface area contributed by atoms with E-state index >= 15 is 0 Å². The molecule has 1 unspecified atom stereocenters. The molecule has 1 aliphatic heterocycles. The first-order chi connectivity index (χ1) is 7.29. The Hall–Kier alpha value is 0.270. The van der Waals surface area contributed by atoms with Gasteiger partial charge in [-0.3, -0.25) is 0 Å². The quantitative estimate of drug-likeness (QED) is 0.680. The minimum absolute atomic E-state index is 0.734. The summed E-state index contributed by atoms with van der Waals surface area (Å²) < 4.78 is 5.57. The summed E-state index contributed by atoms with van der Waals surface area (Å²) in [6.07, 6.45) is 3.90. The van der Waals surface area contributed by atoms with E-state index in [4.69, 9.17) is 4.74 Å². The summed E-state index contributed by atoms with van der Waals surface area (Å²) in [7, 11) is 0. The Morgan fingerprint density at radius 2 is 2.27 bits per heavy atom. The lowest BCUT2D eigenvalue weighted by atomic mass is 10.1. The van der Waals surface area contributed by atoms with Gasteiger partial charge in [0.15, 0.2) is 0 Å². The zero-order valence-electron chi connectivity index (χ0n) is 10.1. The van der Waals surface area contributed by atoms with E-state index in [2.05, 4.69) is 30.9 Å². The molecular formula is C12H25NOS. The van der Waals surface area contributed by atoms with Gasteiger partial charge in [-0.2, -0.15) is 11.8 Å². The third-order valence-corrected chi connectivity index (χ3v) is 3.89. The van der Waals surface area contributed by atoms with Gasteiger partial charge < -0.3 is 10.1 Å². The molecule has 1 N–H and O–H groups in total. The first kappa shape index (κ1) is 13.3. The second-order valence-electron chi connectivity index (χ2n) is 4.66. The van der Waals surface area contributed by atoms with Crippen molar-refractivity contribution in [1.29, 1.82) is 0 Å². The summed E-state index contributed by atoms with van der Waals surface area (Å²) in [5.41, 5.74) is 0. The van der Waals surface area contributed by atoms with Crippen molar-refractivity contribution in [3.8, 4) is 0 Å². The lowest BCUT2D eigenvalue weighted by molar-refractivity contribution is 0.123.